The molecule has 11 heteroatoms. The van der Waals surface area contributed by atoms with Gasteiger partial charge in [-0.2, -0.15) is 8.42 Å². The summed E-state index contributed by atoms with van der Waals surface area (Å²) in [5.41, 5.74) is 5.19. The van der Waals surface area contributed by atoms with Gasteiger partial charge in [-0.15, -0.1) is 0 Å². The van der Waals surface area contributed by atoms with Gasteiger partial charge >= 0.3 is 0 Å². The number of carbonyl (C=O) groups excluding carboxylic acids is 4. The molecule has 1 unspecified atom stereocenters. The molecule has 2 rings (SSSR count). The Morgan fingerprint density at radius 1 is 1.39 bits per heavy atom. The van der Waals surface area contributed by atoms with Gasteiger partial charge in [0.2, 0.25) is 16.9 Å². The van der Waals surface area contributed by atoms with E-state index in [0.717, 1.165) is 0 Å². The van der Waals surface area contributed by atoms with Gasteiger partial charge in [-0.05, 0) is 25.8 Å². The first kappa shape index (κ1) is 21.9. The molecule has 0 radical (unpaired) electrons. The van der Waals surface area contributed by atoms with Crippen molar-refractivity contribution in [2.45, 2.75) is 45.1 Å². The van der Waals surface area contributed by atoms with Crippen molar-refractivity contribution in [1.29, 1.82) is 0 Å². The van der Waals surface area contributed by atoms with Crippen molar-refractivity contribution in [3.63, 3.8) is 0 Å². The van der Waals surface area contributed by atoms with Crippen molar-refractivity contribution in [1.82, 2.24) is 9.62 Å². The minimum atomic E-state index is -4.62. The normalized spacial score (nSPS) is 21.6. The summed E-state index contributed by atoms with van der Waals surface area (Å²) in [6.07, 6.45) is 2.77. The summed E-state index contributed by atoms with van der Waals surface area (Å²) in [5.74, 6) is -3.33. The lowest BCUT2D eigenvalue weighted by molar-refractivity contribution is -0.134. The van der Waals surface area contributed by atoms with Crippen molar-refractivity contribution < 1.29 is 27.6 Å². The number of primary amides is 1. The molecule has 0 aromatic rings. The number of nitrogens with one attached hydrogen (secondary N) is 1. The van der Waals surface area contributed by atoms with Crippen molar-refractivity contribution in [2.24, 2.45) is 16.6 Å². The molecule has 1 saturated heterocycles. The lowest BCUT2D eigenvalue weighted by atomic mass is 10.0. The van der Waals surface area contributed by atoms with Gasteiger partial charge in [-0.3, -0.25) is 19.2 Å². The van der Waals surface area contributed by atoms with Gasteiger partial charge in [-0.1, -0.05) is 13.0 Å². The Balaban J connectivity index is 2.40. The maximum atomic E-state index is 13.1. The first-order chi connectivity index (χ1) is 13.2. The molecular formula is C17H24N4O6S. The summed E-state index contributed by atoms with van der Waals surface area (Å²) in [7, 11) is -4.62. The zero-order valence-electron chi connectivity index (χ0n) is 15.6. The highest BCUT2D eigenvalue weighted by molar-refractivity contribution is 8.06. The van der Waals surface area contributed by atoms with Crippen LogP contribution in [0.15, 0.2) is 17.3 Å². The Morgan fingerprint density at radius 3 is 2.75 bits per heavy atom. The van der Waals surface area contributed by atoms with Gasteiger partial charge < -0.3 is 11.1 Å². The summed E-state index contributed by atoms with van der Waals surface area (Å²) in [6, 6.07) is -1.22. The van der Waals surface area contributed by atoms with Crippen LogP contribution >= 0.6 is 0 Å². The molecule has 2 atom stereocenters. The fraction of sp³-hybridized carbons (Fsp3) is 0.588. The molecule has 0 aromatic heterocycles. The molecule has 0 spiro atoms. The SMILES string of the molecule is CC(CCC(=O)N([C@@H]1CCCNCC1=O)S(=O)(=O)C1=NC=CCC1=O)C(N)=O. The predicted octanol–water partition coefficient (Wildman–Crippen LogP) is -0.747. The molecular weight excluding hydrogens is 388 g/mol. The summed E-state index contributed by atoms with van der Waals surface area (Å²) in [4.78, 5) is 52.3. The summed E-state index contributed by atoms with van der Waals surface area (Å²) in [5, 5.41) is 2.12. The van der Waals surface area contributed by atoms with Crippen LogP contribution in [0.5, 0.6) is 0 Å². The van der Waals surface area contributed by atoms with Gasteiger partial charge in [-0.25, -0.2) is 9.30 Å². The van der Waals surface area contributed by atoms with Crippen molar-refractivity contribution >= 4 is 38.4 Å². The highest BCUT2D eigenvalue weighted by Crippen LogP contribution is 2.22. The number of ketones is 2. The van der Waals surface area contributed by atoms with Crippen LogP contribution in [0, 0.1) is 5.92 Å². The molecule has 2 amide bonds. The average Bonchev–Trinajstić information content (AvgIpc) is 2.84. The number of sulfonamides is 1. The highest BCUT2D eigenvalue weighted by Gasteiger charge is 2.43. The summed E-state index contributed by atoms with van der Waals surface area (Å²) in [6.45, 7) is 1.95. The topological polar surface area (TPSA) is 156 Å². The van der Waals surface area contributed by atoms with Crippen LogP contribution in [0.4, 0.5) is 0 Å². The van der Waals surface area contributed by atoms with E-state index in [1.807, 2.05) is 0 Å². The van der Waals surface area contributed by atoms with Crippen LogP contribution < -0.4 is 11.1 Å². The number of amides is 2. The molecule has 2 aliphatic heterocycles. The van der Waals surface area contributed by atoms with E-state index in [4.69, 9.17) is 5.73 Å². The second kappa shape index (κ2) is 9.20. The van der Waals surface area contributed by atoms with Crippen molar-refractivity contribution in [3.05, 3.63) is 12.3 Å². The van der Waals surface area contributed by atoms with E-state index in [9.17, 15) is 27.6 Å². The second-order valence-electron chi connectivity index (χ2n) is 6.78. The molecule has 154 valence electrons. The molecule has 0 saturated carbocycles. The fourth-order valence-corrected chi connectivity index (χ4v) is 4.64. The Morgan fingerprint density at radius 2 is 2.11 bits per heavy atom. The number of Topliss-reactive ketones (excluding diaryl/α,β-unsaturated/α-hetero) is 2. The van der Waals surface area contributed by atoms with Gasteiger partial charge in [0.25, 0.3) is 10.0 Å². The van der Waals surface area contributed by atoms with E-state index in [0.29, 0.717) is 17.3 Å². The number of allylic oxidation sites excluding steroid dienone is 1. The third kappa shape index (κ3) is 4.90. The van der Waals surface area contributed by atoms with Crippen LogP contribution in [0.25, 0.3) is 0 Å². The quantitative estimate of drug-likeness (QED) is 0.602. The lowest BCUT2D eigenvalue weighted by Crippen LogP contribution is -2.52. The molecule has 0 bridgehead atoms. The smallest absolute Gasteiger partial charge is 0.288 e. The Kier molecular flexibility index (Phi) is 7.19. The monoisotopic (exact) mass is 412 g/mol. The highest BCUT2D eigenvalue weighted by atomic mass is 32.2. The number of carbonyl (C=O) groups is 4. The molecule has 28 heavy (non-hydrogen) atoms. The molecule has 0 aromatic carbocycles. The van der Waals surface area contributed by atoms with Crippen LogP contribution in [0.3, 0.4) is 0 Å². The maximum Gasteiger partial charge on any atom is 0.288 e. The van der Waals surface area contributed by atoms with E-state index in [2.05, 4.69) is 10.3 Å². The Bertz CT molecular complexity index is 833. The van der Waals surface area contributed by atoms with Gasteiger partial charge in [0.1, 0.15) is 6.04 Å². The molecule has 1 fully saturated rings. The predicted molar refractivity (Wildman–Crippen MR) is 100 cm³/mol. The average molecular weight is 412 g/mol. The van der Waals surface area contributed by atoms with Crippen molar-refractivity contribution in [2.75, 3.05) is 13.1 Å². The zero-order chi connectivity index (χ0) is 20.9. The third-order valence-electron chi connectivity index (χ3n) is 4.65. The summed E-state index contributed by atoms with van der Waals surface area (Å²) >= 11 is 0. The van der Waals surface area contributed by atoms with Crippen LogP contribution in [0.2, 0.25) is 0 Å². The van der Waals surface area contributed by atoms with Gasteiger partial charge in [0.15, 0.2) is 11.6 Å². The van der Waals surface area contributed by atoms with E-state index in [1.165, 1.54) is 19.2 Å². The Labute approximate surface area is 163 Å². The first-order valence-corrected chi connectivity index (χ1v) is 10.5. The van der Waals surface area contributed by atoms with Crippen LogP contribution in [-0.2, 0) is 29.2 Å². The van der Waals surface area contributed by atoms with E-state index < -0.39 is 50.4 Å². The molecule has 0 aliphatic carbocycles. The number of aliphatic imine (C=N–C) groups is 1. The van der Waals surface area contributed by atoms with Crippen LogP contribution in [-0.4, -0.2) is 60.3 Å². The lowest BCUT2D eigenvalue weighted by Gasteiger charge is -2.29. The fourth-order valence-electron chi connectivity index (χ4n) is 2.97. The molecule has 10 nitrogen and oxygen atoms in total. The second-order valence-corrected chi connectivity index (χ2v) is 8.51. The minimum absolute atomic E-state index is 0.0275. The van der Waals surface area contributed by atoms with E-state index in [-0.39, 0.29) is 32.2 Å². The number of hydrogen-bond donors (Lipinski definition) is 2. The van der Waals surface area contributed by atoms with Crippen molar-refractivity contribution in [3.8, 4) is 0 Å². The summed E-state index contributed by atoms with van der Waals surface area (Å²) < 4.78 is 26.7. The third-order valence-corrected chi connectivity index (χ3v) is 6.45. The van der Waals surface area contributed by atoms with E-state index >= 15 is 0 Å². The minimum Gasteiger partial charge on any atom is -0.369 e. The first-order valence-electron chi connectivity index (χ1n) is 9.02. The molecule has 2 heterocycles. The largest absolute Gasteiger partial charge is 0.369 e. The Hall–Kier alpha value is -2.40. The standard InChI is InChI=1S/C17H24N4O6S/c1-11(16(18)25)6-7-15(24)21(12-4-2-8-19-10-14(12)23)28(26,27)17-13(22)5-3-9-20-17/h3,9,11-12,19H,2,4-8,10H2,1H3,(H2,18,25)/t11?,12-/m1/s1. The number of rotatable bonds is 5. The molecule has 2 aliphatic rings. The van der Waals surface area contributed by atoms with Gasteiger partial charge in [0, 0.05) is 25.0 Å². The zero-order valence-corrected chi connectivity index (χ0v) is 16.4. The maximum absolute atomic E-state index is 13.1. The van der Waals surface area contributed by atoms with Gasteiger partial charge in [0.05, 0.1) is 6.54 Å². The van der Waals surface area contributed by atoms with Crippen LogP contribution in [0.1, 0.15) is 39.0 Å². The number of hydrogen-bond acceptors (Lipinski definition) is 8. The van der Waals surface area contributed by atoms with E-state index in [1.54, 1.807) is 0 Å². The number of nitrogens with two attached hydrogens (primary N) is 1. The molecule has 3 N–H and O–H groups in total. The number of nitrogens with zero attached hydrogens (tertiary/aromatic N) is 2.